The maximum atomic E-state index is 13.2. The van der Waals surface area contributed by atoms with Crippen molar-refractivity contribution in [1.82, 2.24) is 0 Å². The lowest BCUT2D eigenvalue weighted by molar-refractivity contribution is -0.140. The maximum Gasteiger partial charge on any atom is 0.419 e. The molecule has 0 bridgehead atoms. The van der Waals surface area contributed by atoms with Crippen molar-refractivity contribution in [2.75, 3.05) is 6.61 Å². The molecule has 2 nitrogen and oxygen atoms in total. The monoisotopic (exact) mass is 235 g/mol. The number of hydrogen-bond donors (Lipinski definition) is 1. The second-order valence-corrected chi connectivity index (χ2v) is 3.61. The van der Waals surface area contributed by atoms with E-state index in [-0.39, 0.29) is 17.9 Å². The van der Waals surface area contributed by atoms with E-state index in [1.54, 1.807) is 0 Å². The quantitative estimate of drug-likeness (QED) is 0.701. The summed E-state index contributed by atoms with van der Waals surface area (Å²) in [6, 6.07) is 1.01. The van der Waals surface area contributed by atoms with Gasteiger partial charge < -0.3 is 10.5 Å². The predicted molar refractivity (Wildman–Crippen MR) is 48.4 cm³/mol. The highest BCUT2D eigenvalue weighted by Crippen LogP contribution is 2.38. The molecule has 0 radical (unpaired) electrons. The molecule has 0 unspecified atom stereocenters. The summed E-state index contributed by atoms with van der Waals surface area (Å²) in [4.78, 5) is 0. The molecule has 0 amide bonds. The summed E-state index contributed by atoms with van der Waals surface area (Å²) in [6.07, 6.45) is -4.25. The van der Waals surface area contributed by atoms with Gasteiger partial charge in [0.25, 0.3) is 0 Å². The molecule has 0 fully saturated rings. The lowest BCUT2D eigenvalue weighted by Gasteiger charge is -2.24. The van der Waals surface area contributed by atoms with Gasteiger partial charge in [-0.2, -0.15) is 13.2 Å². The zero-order chi connectivity index (χ0) is 11.9. The smallest absolute Gasteiger partial charge is 0.419 e. The molecule has 88 valence electrons. The van der Waals surface area contributed by atoms with Gasteiger partial charge in [-0.3, -0.25) is 0 Å². The van der Waals surface area contributed by atoms with Gasteiger partial charge in [0.15, 0.2) is 0 Å². The van der Waals surface area contributed by atoms with E-state index in [1.165, 1.54) is 0 Å². The summed E-state index contributed by atoms with van der Waals surface area (Å²) < 4.78 is 55.4. The first kappa shape index (κ1) is 11.2. The van der Waals surface area contributed by atoms with Crippen LogP contribution in [0, 0.1) is 5.82 Å². The summed E-state index contributed by atoms with van der Waals surface area (Å²) in [7, 11) is 0. The number of hydrogen-bond acceptors (Lipinski definition) is 2. The van der Waals surface area contributed by atoms with Crippen LogP contribution in [-0.2, 0) is 6.18 Å². The van der Waals surface area contributed by atoms with E-state index in [0.29, 0.717) is 12.5 Å². The Morgan fingerprint density at radius 1 is 1.31 bits per heavy atom. The van der Waals surface area contributed by atoms with E-state index >= 15 is 0 Å². The average molecular weight is 235 g/mol. The van der Waals surface area contributed by atoms with Crippen molar-refractivity contribution in [1.29, 1.82) is 0 Å². The molecule has 2 N–H and O–H groups in total. The molecule has 1 aromatic rings. The lowest BCUT2D eigenvalue weighted by atomic mass is 9.99. The first-order chi connectivity index (χ1) is 7.39. The Bertz CT molecular complexity index is 416. The lowest BCUT2D eigenvalue weighted by Crippen LogP contribution is -2.22. The van der Waals surface area contributed by atoms with Crippen LogP contribution in [0.2, 0.25) is 0 Å². The van der Waals surface area contributed by atoms with E-state index in [2.05, 4.69) is 0 Å². The Balaban J connectivity index is 2.53. The molecule has 0 aromatic heterocycles. The third kappa shape index (κ3) is 1.84. The second-order valence-electron chi connectivity index (χ2n) is 3.61. The highest BCUT2D eigenvalue weighted by molar-refractivity contribution is 5.42. The van der Waals surface area contributed by atoms with Gasteiger partial charge >= 0.3 is 6.18 Å². The van der Waals surface area contributed by atoms with Crippen molar-refractivity contribution in [3.8, 4) is 5.75 Å². The van der Waals surface area contributed by atoms with Crippen LogP contribution >= 0.6 is 0 Å². The van der Waals surface area contributed by atoms with Crippen molar-refractivity contribution >= 4 is 0 Å². The Kier molecular flexibility index (Phi) is 2.53. The Hall–Kier alpha value is -1.30. The summed E-state index contributed by atoms with van der Waals surface area (Å²) in [6.45, 7) is 0.247. The van der Waals surface area contributed by atoms with Crippen LogP contribution in [0.1, 0.15) is 23.6 Å². The van der Waals surface area contributed by atoms with Crippen molar-refractivity contribution in [3.63, 3.8) is 0 Å². The molecule has 1 aliphatic rings. The average Bonchev–Trinajstić information content (AvgIpc) is 2.17. The van der Waals surface area contributed by atoms with E-state index in [9.17, 15) is 17.6 Å². The fourth-order valence-electron chi connectivity index (χ4n) is 1.65. The van der Waals surface area contributed by atoms with Crippen molar-refractivity contribution in [2.24, 2.45) is 5.73 Å². The molecule has 0 spiro atoms. The number of nitrogens with two attached hydrogens (primary N) is 1. The maximum absolute atomic E-state index is 13.2. The summed E-state index contributed by atoms with van der Waals surface area (Å²) in [5.41, 5.74) is 4.62. The van der Waals surface area contributed by atoms with Gasteiger partial charge in [-0.15, -0.1) is 0 Å². The minimum Gasteiger partial charge on any atom is -0.493 e. The number of alkyl halides is 3. The topological polar surface area (TPSA) is 35.2 Å². The molecule has 0 saturated carbocycles. The molecule has 0 saturated heterocycles. The van der Waals surface area contributed by atoms with Gasteiger partial charge in [-0.1, -0.05) is 0 Å². The number of halogens is 4. The van der Waals surface area contributed by atoms with Crippen LogP contribution in [0.25, 0.3) is 0 Å². The Morgan fingerprint density at radius 2 is 2.00 bits per heavy atom. The van der Waals surface area contributed by atoms with E-state index in [1.807, 2.05) is 0 Å². The molecule has 0 aliphatic carbocycles. The number of rotatable bonds is 0. The van der Waals surface area contributed by atoms with Crippen LogP contribution < -0.4 is 10.5 Å². The number of fused-ring (bicyclic) bond motifs is 1. The van der Waals surface area contributed by atoms with Gasteiger partial charge in [0, 0.05) is 18.0 Å². The molecule has 1 aliphatic heterocycles. The SMILES string of the molecule is N[C@@H]1CCOc2cc(C(F)(F)F)c(F)cc21. The summed E-state index contributed by atoms with van der Waals surface area (Å²) >= 11 is 0. The van der Waals surface area contributed by atoms with Crippen LogP contribution in [0.5, 0.6) is 5.75 Å². The Morgan fingerprint density at radius 3 is 2.62 bits per heavy atom. The van der Waals surface area contributed by atoms with Gasteiger partial charge in [0.1, 0.15) is 11.6 Å². The van der Waals surface area contributed by atoms with Crippen LogP contribution in [0.4, 0.5) is 17.6 Å². The Labute approximate surface area is 89.0 Å². The molecule has 16 heavy (non-hydrogen) atoms. The zero-order valence-corrected chi connectivity index (χ0v) is 8.14. The molecule has 6 heteroatoms. The molecule has 1 atom stereocenters. The largest absolute Gasteiger partial charge is 0.493 e. The molecule has 1 aromatic carbocycles. The highest BCUT2D eigenvalue weighted by Gasteiger charge is 2.36. The third-order valence-electron chi connectivity index (χ3n) is 2.49. The van der Waals surface area contributed by atoms with Crippen molar-refractivity contribution in [3.05, 3.63) is 29.1 Å². The zero-order valence-electron chi connectivity index (χ0n) is 8.14. The predicted octanol–water partition coefficient (Wildman–Crippen LogP) is 2.63. The van der Waals surface area contributed by atoms with Crippen molar-refractivity contribution < 1.29 is 22.3 Å². The normalized spacial score (nSPS) is 20.2. The fraction of sp³-hybridized carbons (Fsp3) is 0.400. The van der Waals surface area contributed by atoms with Crippen molar-refractivity contribution in [2.45, 2.75) is 18.6 Å². The first-order valence-electron chi connectivity index (χ1n) is 4.68. The van der Waals surface area contributed by atoms with Crippen LogP contribution in [0.3, 0.4) is 0 Å². The fourth-order valence-corrected chi connectivity index (χ4v) is 1.65. The second kappa shape index (κ2) is 3.62. The van der Waals surface area contributed by atoms with Gasteiger partial charge in [0.2, 0.25) is 0 Å². The van der Waals surface area contributed by atoms with Crippen LogP contribution in [0.15, 0.2) is 12.1 Å². The number of ether oxygens (including phenoxy) is 1. The molecular formula is C10H9F4NO. The molecule has 1 heterocycles. The van der Waals surface area contributed by atoms with E-state index in [4.69, 9.17) is 10.5 Å². The standard InChI is InChI=1S/C10H9F4NO/c11-7-3-5-8(15)1-2-16-9(5)4-6(7)10(12,13)14/h3-4,8H,1-2,15H2/t8-/m1/s1. The summed E-state index contributed by atoms with van der Waals surface area (Å²) in [5.74, 6) is -1.29. The van der Waals surface area contributed by atoms with E-state index in [0.717, 1.165) is 6.07 Å². The summed E-state index contributed by atoms with van der Waals surface area (Å²) in [5, 5.41) is 0. The van der Waals surface area contributed by atoms with Gasteiger partial charge in [-0.05, 0) is 12.1 Å². The number of benzene rings is 1. The first-order valence-corrected chi connectivity index (χ1v) is 4.68. The van der Waals surface area contributed by atoms with E-state index < -0.39 is 23.6 Å². The van der Waals surface area contributed by atoms with Crippen LogP contribution in [-0.4, -0.2) is 6.61 Å². The molecular weight excluding hydrogens is 226 g/mol. The highest BCUT2D eigenvalue weighted by atomic mass is 19.4. The third-order valence-corrected chi connectivity index (χ3v) is 2.49. The molecule has 2 rings (SSSR count). The van der Waals surface area contributed by atoms with Gasteiger partial charge in [-0.25, -0.2) is 4.39 Å². The minimum atomic E-state index is -4.72. The van der Waals surface area contributed by atoms with Gasteiger partial charge in [0.05, 0.1) is 12.2 Å². The minimum absolute atomic E-state index is 0.0208.